The van der Waals surface area contributed by atoms with Gasteiger partial charge < -0.3 is 4.74 Å². The van der Waals surface area contributed by atoms with Crippen LogP contribution in [0.3, 0.4) is 0 Å². The number of hydrogen-bond donors (Lipinski definition) is 0. The number of aromatic nitrogens is 7. The SMILES string of the molecule is [3H]c1csc(OCc2c(CC)nn(C)c2-n2nnn(C)c2=O)n1. The Morgan fingerprint density at radius 2 is 2.18 bits per heavy atom. The Labute approximate surface area is 131 Å². The van der Waals surface area contributed by atoms with Gasteiger partial charge in [0.1, 0.15) is 6.61 Å². The van der Waals surface area contributed by atoms with Gasteiger partial charge in [-0.3, -0.25) is 4.68 Å². The zero-order valence-electron chi connectivity index (χ0n) is 13.3. The number of rotatable bonds is 5. The maximum Gasteiger partial charge on any atom is 0.369 e. The van der Waals surface area contributed by atoms with E-state index in [0.717, 1.165) is 15.9 Å². The molecular formula is C12H15N7O2S. The molecule has 0 radical (unpaired) electrons. The van der Waals surface area contributed by atoms with E-state index in [1.165, 1.54) is 23.1 Å². The molecule has 0 unspecified atom stereocenters. The van der Waals surface area contributed by atoms with Gasteiger partial charge in [-0.1, -0.05) is 18.3 Å². The van der Waals surface area contributed by atoms with Crippen molar-refractivity contribution in [2.24, 2.45) is 14.1 Å². The molecule has 3 rings (SSSR count). The van der Waals surface area contributed by atoms with Crippen molar-refractivity contribution in [1.29, 1.82) is 0 Å². The molecule has 116 valence electrons. The number of hydrogen-bond acceptors (Lipinski definition) is 7. The normalized spacial score (nSPS) is 11.7. The molecule has 0 bridgehead atoms. The Hall–Kier alpha value is -2.49. The summed E-state index contributed by atoms with van der Waals surface area (Å²) in [5, 5.41) is 14.0. The van der Waals surface area contributed by atoms with E-state index in [1.807, 2.05) is 6.92 Å². The lowest BCUT2D eigenvalue weighted by atomic mass is 10.2. The molecule has 9 nitrogen and oxygen atoms in total. The first-order valence-electron chi connectivity index (χ1n) is 7.10. The maximum atomic E-state index is 12.1. The van der Waals surface area contributed by atoms with E-state index >= 15 is 0 Å². The van der Waals surface area contributed by atoms with Crippen molar-refractivity contribution < 1.29 is 6.11 Å². The Bertz CT molecular complexity index is 894. The lowest BCUT2D eigenvalue weighted by molar-refractivity contribution is 0.302. The molecule has 0 aliphatic rings. The number of ether oxygens (including phenoxy) is 1. The van der Waals surface area contributed by atoms with Crippen LogP contribution in [-0.4, -0.2) is 34.6 Å². The Morgan fingerprint density at radius 3 is 2.77 bits per heavy atom. The molecule has 3 heterocycles. The third-order valence-electron chi connectivity index (χ3n) is 3.16. The van der Waals surface area contributed by atoms with Crippen LogP contribution in [0, 0.1) is 0 Å². The van der Waals surface area contributed by atoms with Gasteiger partial charge in [0.25, 0.3) is 5.19 Å². The molecule has 3 aromatic rings. The van der Waals surface area contributed by atoms with Gasteiger partial charge in [0.05, 0.1) is 12.6 Å². The number of nitrogens with zero attached hydrogens (tertiary/aromatic N) is 7. The fourth-order valence-corrected chi connectivity index (χ4v) is 2.58. The predicted octanol–water partition coefficient (Wildman–Crippen LogP) is 0.297. The number of tetrazole rings is 1. The highest BCUT2D eigenvalue weighted by Gasteiger charge is 2.21. The van der Waals surface area contributed by atoms with Crippen molar-refractivity contribution in [3.8, 4) is 11.0 Å². The molecule has 0 aliphatic heterocycles. The maximum absolute atomic E-state index is 12.1. The second kappa shape index (κ2) is 5.72. The van der Waals surface area contributed by atoms with E-state index in [0.29, 0.717) is 17.4 Å². The van der Waals surface area contributed by atoms with Gasteiger partial charge in [-0.2, -0.15) is 9.78 Å². The molecule has 3 aromatic heterocycles. The average Bonchev–Trinajstić information content (AvgIpc) is 3.17. The number of aryl methyl sites for hydroxylation is 3. The summed E-state index contributed by atoms with van der Waals surface area (Å²) >= 11 is 1.25. The van der Waals surface area contributed by atoms with Crippen LogP contribution >= 0.6 is 11.3 Å². The number of thiazole rings is 1. The molecule has 0 amide bonds. The van der Waals surface area contributed by atoms with E-state index in [4.69, 9.17) is 6.11 Å². The van der Waals surface area contributed by atoms with Crippen molar-refractivity contribution in [3.63, 3.8) is 0 Å². The minimum atomic E-state index is -0.361. The summed E-state index contributed by atoms with van der Waals surface area (Å²) in [7, 11) is 3.27. The van der Waals surface area contributed by atoms with Crippen molar-refractivity contribution in [2.75, 3.05) is 0 Å². The van der Waals surface area contributed by atoms with Crippen molar-refractivity contribution in [1.82, 2.24) is 34.6 Å². The van der Waals surface area contributed by atoms with Gasteiger partial charge in [0.15, 0.2) is 5.82 Å². The fraction of sp³-hybridized carbons (Fsp3) is 0.417. The summed E-state index contributed by atoms with van der Waals surface area (Å²) in [6.45, 7) is 2.16. The van der Waals surface area contributed by atoms with Gasteiger partial charge in [-0.25, -0.2) is 9.78 Å². The summed E-state index contributed by atoms with van der Waals surface area (Å²) in [5.74, 6) is 0.516. The van der Waals surface area contributed by atoms with Gasteiger partial charge in [-0.05, 0) is 16.8 Å². The molecule has 0 N–H and O–H groups in total. The van der Waals surface area contributed by atoms with E-state index < -0.39 is 0 Å². The van der Waals surface area contributed by atoms with Gasteiger partial charge in [0, 0.05) is 25.6 Å². The highest BCUT2D eigenvalue weighted by Crippen LogP contribution is 2.21. The highest BCUT2D eigenvalue weighted by molar-refractivity contribution is 7.11. The molecule has 0 atom stereocenters. The lowest BCUT2D eigenvalue weighted by Crippen LogP contribution is -2.24. The molecular weight excluding hydrogens is 306 g/mol. The van der Waals surface area contributed by atoms with Crippen molar-refractivity contribution >= 4 is 11.3 Å². The lowest BCUT2D eigenvalue weighted by Gasteiger charge is -2.06. The molecule has 0 aliphatic carbocycles. The van der Waals surface area contributed by atoms with Crippen LogP contribution < -0.4 is 10.4 Å². The van der Waals surface area contributed by atoms with Gasteiger partial charge >= 0.3 is 5.69 Å². The van der Waals surface area contributed by atoms with Crippen LogP contribution in [0.1, 0.15) is 19.6 Å². The minimum absolute atomic E-state index is 0.164. The average molecular weight is 323 g/mol. The van der Waals surface area contributed by atoms with Crippen molar-refractivity contribution in [3.05, 3.63) is 33.3 Å². The van der Waals surface area contributed by atoms with Gasteiger partial charge in [0.2, 0.25) is 0 Å². The second-order valence-electron chi connectivity index (χ2n) is 4.55. The van der Waals surface area contributed by atoms with Crippen LogP contribution in [0.15, 0.2) is 16.3 Å². The summed E-state index contributed by atoms with van der Waals surface area (Å²) < 4.78 is 17.0. The molecule has 0 fully saturated rings. The monoisotopic (exact) mass is 323 g/mol. The van der Waals surface area contributed by atoms with Gasteiger partial charge in [-0.15, -0.1) is 4.68 Å². The Kier molecular flexibility index (Phi) is 3.43. The summed E-state index contributed by atoms with van der Waals surface area (Å²) in [5.41, 5.74) is 1.20. The smallest absolute Gasteiger partial charge is 0.369 e. The molecule has 0 saturated heterocycles. The van der Waals surface area contributed by atoms with Crippen LogP contribution in [0.25, 0.3) is 5.82 Å². The molecule has 0 aromatic carbocycles. The fourth-order valence-electron chi connectivity index (χ4n) is 2.14. The highest BCUT2D eigenvalue weighted by atomic mass is 32.1. The van der Waals surface area contributed by atoms with Crippen LogP contribution in [0.4, 0.5) is 0 Å². The molecule has 22 heavy (non-hydrogen) atoms. The summed E-state index contributed by atoms with van der Waals surface area (Å²) in [6, 6.07) is 0. The predicted molar refractivity (Wildman–Crippen MR) is 79.2 cm³/mol. The third kappa shape index (κ3) is 2.41. The summed E-state index contributed by atoms with van der Waals surface area (Å²) in [4.78, 5) is 16.1. The third-order valence-corrected chi connectivity index (χ3v) is 3.79. The van der Waals surface area contributed by atoms with Crippen LogP contribution in [0.2, 0.25) is 0 Å². The van der Waals surface area contributed by atoms with E-state index in [-0.39, 0.29) is 18.5 Å². The van der Waals surface area contributed by atoms with E-state index in [9.17, 15) is 4.79 Å². The van der Waals surface area contributed by atoms with Crippen molar-refractivity contribution in [2.45, 2.75) is 20.0 Å². The first-order chi connectivity index (χ1) is 11.0. The van der Waals surface area contributed by atoms with Crippen LogP contribution in [0.5, 0.6) is 5.19 Å². The largest absolute Gasteiger partial charge is 0.465 e. The van der Waals surface area contributed by atoms with E-state index in [1.54, 1.807) is 17.1 Å². The summed E-state index contributed by atoms with van der Waals surface area (Å²) in [6.07, 6.45) is 0.848. The van der Waals surface area contributed by atoms with Crippen LogP contribution in [-0.2, 0) is 27.1 Å². The topological polar surface area (TPSA) is 92.7 Å². The minimum Gasteiger partial charge on any atom is -0.465 e. The second-order valence-corrected chi connectivity index (χ2v) is 5.37. The quantitative estimate of drug-likeness (QED) is 0.670. The molecule has 0 saturated carbocycles. The Morgan fingerprint density at radius 1 is 1.36 bits per heavy atom. The van der Waals surface area contributed by atoms with E-state index in [2.05, 4.69) is 20.5 Å². The molecule has 10 heteroatoms. The zero-order valence-corrected chi connectivity index (χ0v) is 13.2. The standard InChI is InChI=1S/C12H15N7O2S/c1-4-9-8(7-21-11-13-5-6-22-11)10(17(2)14-9)19-12(20)18(3)15-16-19/h5-6H,4,7H2,1-3H3/i5T. The molecule has 0 spiro atoms. The zero-order chi connectivity index (χ0) is 16.6. The Balaban J connectivity index is 2.01. The first-order valence-corrected chi connectivity index (χ1v) is 7.48. The first kappa shape index (κ1) is 13.2.